The van der Waals surface area contributed by atoms with Crippen molar-refractivity contribution in [3.8, 4) is 0 Å². The van der Waals surface area contributed by atoms with Crippen molar-refractivity contribution >= 4 is 155 Å². The molecule has 0 aliphatic heterocycles. The Bertz CT molecular complexity index is 3400. The van der Waals surface area contributed by atoms with Crippen LogP contribution < -0.4 is 10.5 Å². The van der Waals surface area contributed by atoms with Crippen LogP contribution in [0.1, 0.15) is 68.7 Å². The second-order valence-corrected chi connectivity index (χ2v) is 22.0. The van der Waals surface area contributed by atoms with Gasteiger partial charge in [0, 0.05) is 59.1 Å². The third-order valence-electron chi connectivity index (χ3n) is 10.7. The first-order valence-corrected chi connectivity index (χ1v) is 27.9. The van der Waals surface area contributed by atoms with Gasteiger partial charge in [-0.05, 0) is 150 Å². The number of sulfonamides is 1. The monoisotopic (exact) mass is 1240 g/mol. The van der Waals surface area contributed by atoms with Crippen molar-refractivity contribution < 1.29 is 37.1 Å². The highest BCUT2D eigenvalue weighted by Crippen LogP contribution is 2.31. The number of amides is 1. The Labute approximate surface area is 490 Å². The lowest BCUT2D eigenvalue weighted by molar-refractivity contribution is -0.143. The molecular formula is C55H44Cl10N2O8S. The molecule has 398 valence electrons. The first kappa shape index (κ1) is 62.3. The number of rotatable bonds is 16. The van der Waals surface area contributed by atoms with Gasteiger partial charge in [-0.3, -0.25) is 19.2 Å². The van der Waals surface area contributed by atoms with Crippen molar-refractivity contribution in [1.82, 2.24) is 0 Å². The van der Waals surface area contributed by atoms with E-state index in [9.17, 15) is 27.6 Å². The fourth-order valence-corrected chi connectivity index (χ4v) is 9.64. The molecule has 0 radical (unpaired) electrons. The van der Waals surface area contributed by atoms with E-state index in [0.29, 0.717) is 66.8 Å². The van der Waals surface area contributed by atoms with Gasteiger partial charge < -0.3 is 14.8 Å². The number of carbonyl (C=O) groups is 4. The SMILES string of the molecule is CCOC(=O)Cc1ccc(Cl)c(C(=O)c2cc(Cl)ccc2Cl)c1.CCOC(=O)Cc1ccc(Cl)c(Cc2cc(Cl)ccc2Cl)c1.NS(=O)(=O)c1ccc(NC(=O)Cc2ccc(Cl)c(Cc3cc(Cl)ccc3Cl)c2)c(Cl)c1. The summed E-state index contributed by atoms with van der Waals surface area (Å²) < 4.78 is 32.6. The summed E-state index contributed by atoms with van der Waals surface area (Å²) in [6, 6.07) is 34.6. The zero-order valence-electron chi connectivity index (χ0n) is 40.1. The third kappa shape index (κ3) is 19.1. The Balaban J connectivity index is 0.000000215. The van der Waals surface area contributed by atoms with Crippen LogP contribution in [0.4, 0.5) is 5.69 Å². The fraction of sp³-hybridized carbons (Fsp3) is 0.164. The molecule has 0 unspecified atom stereocenters. The van der Waals surface area contributed by atoms with Gasteiger partial charge in [0.15, 0.2) is 5.78 Å². The van der Waals surface area contributed by atoms with E-state index in [-0.39, 0.29) is 79.7 Å². The van der Waals surface area contributed by atoms with E-state index in [1.807, 2.05) is 24.3 Å². The first-order chi connectivity index (χ1) is 35.9. The molecule has 0 spiro atoms. The predicted molar refractivity (Wildman–Crippen MR) is 309 cm³/mol. The van der Waals surface area contributed by atoms with E-state index in [1.54, 1.807) is 92.7 Å². The van der Waals surface area contributed by atoms with Crippen LogP contribution in [0.15, 0.2) is 132 Å². The lowest BCUT2D eigenvalue weighted by atomic mass is 10.00. The normalized spacial score (nSPS) is 10.9. The number of hydrogen-bond acceptors (Lipinski definition) is 8. The second kappa shape index (κ2) is 29.4. The Morgan fingerprint density at radius 1 is 0.447 bits per heavy atom. The van der Waals surface area contributed by atoms with Crippen LogP contribution in [0.25, 0.3) is 0 Å². The molecule has 7 rings (SSSR count). The molecule has 7 aromatic rings. The molecule has 0 aromatic heterocycles. The topological polar surface area (TPSA) is 159 Å². The zero-order chi connectivity index (χ0) is 55.9. The zero-order valence-corrected chi connectivity index (χ0v) is 48.5. The third-order valence-corrected chi connectivity index (χ3v) is 14.7. The molecule has 7 aromatic carbocycles. The molecule has 0 atom stereocenters. The smallest absolute Gasteiger partial charge is 0.310 e. The van der Waals surface area contributed by atoms with Crippen LogP contribution in [0.2, 0.25) is 50.2 Å². The van der Waals surface area contributed by atoms with E-state index < -0.39 is 10.0 Å². The Morgan fingerprint density at radius 3 is 1.28 bits per heavy atom. The van der Waals surface area contributed by atoms with Crippen molar-refractivity contribution in [2.45, 2.75) is 50.8 Å². The maximum atomic E-state index is 12.7. The Kier molecular flexibility index (Phi) is 24.1. The van der Waals surface area contributed by atoms with Gasteiger partial charge in [-0.25, -0.2) is 13.6 Å². The number of anilines is 1. The van der Waals surface area contributed by atoms with E-state index in [0.717, 1.165) is 33.4 Å². The fourth-order valence-electron chi connectivity index (χ4n) is 7.10. The summed E-state index contributed by atoms with van der Waals surface area (Å²) in [5, 5.41) is 12.3. The summed E-state index contributed by atoms with van der Waals surface area (Å²) in [6.07, 6.45) is 1.35. The summed E-state index contributed by atoms with van der Waals surface area (Å²) >= 11 is 61.2. The van der Waals surface area contributed by atoms with Gasteiger partial charge >= 0.3 is 11.9 Å². The number of primary sulfonamides is 1. The number of esters is 2. The minimum Gasteiger partial charge on any atom is -0.466 e. The maximum Gasteiger partial charge on any atom is 0.310 e. The van der Waals surface area contributed by atoms with Crippen molar-refractivity contribution in [1.29, 1.82) is 0 Å². The standard InChI is InChI=1S/C21H16Cl4N2O3S.C17H13Cl3O3.C17H15Cl3O2/c22-15-2-5-18(24)14(10-15)9-13-7-12(1-4-17(13)23)8-21(28)27-20-6-3-16(11-19(20)25)31(26,29)30;1-2-23-16(21)8-10-3-5-14(19)12(7-10)17(22)13-9-11(18)4-6-15(13)20;1-2-22-17(21)8-11-3-5-15(19)12(7-11)9-13-10-14(18)4-6-16(13)20/h1-7,10-11H,8-9H2,(H,27,28)(H2,26,29,30);3-7,9H,2,8H2,1H3;3-7,10H,2,8-9H2,1H3. The average molecular weight is 1250 g/mol. The molecule has 0 aliphatic carbocycles. The molecule has 76 heavy (non-hydrogen) atoms. The molecular weight excluding hydrogens is 1200 g/mol. The molecule has 0 heterocycles. The number of nitrogens with two attached hydrogens (primary N) is 1. The van der Waals surface area contributed by atoms with Gasteiger partial charge in [0.25, 0.3) is 0 Å². The van der Waals surface area contributed by atoms with Gasteiger partial charge in [0.1, 0.15) is 0 Å². The van der Waals surface area contributed by atoms with E-state index in [1.165, 1.54) is 24.3 Å². The van der Waals surface area contributed by atoms with Crippen molar-refractivity contribution in [3.05, 3.63) is 228 Å². The van der Waals surface area contributed by atoms with Crippen LogP contribution >= 0.6 is 116 Å². The highest BCUT2D eigenvalue weighted by molar-refractivity contribution is 7.89. The van der Waals surface area contributed by atoms with Crippen molar-refractivity contribution in [2.24, 2.45) is 5.14 Å². The van der Waals surface area contributed by atoms with Gasteiger partial charge in [0.05, 0.1) is 58.1 Å². The minimum absolute atomic E-state index is 0.0563. The predicted octanol–water partition coefficient (Wildman–Crippen LogP) is 16.0. The van der Waals surface area contributed by atoms with Gasteiger partial charge in [0.2, 0.25) is 15.9 Å². The number of hydrogen-bond donors (Lipinski definition) is 2. The molecule has 10 nitrogen and oxygen atoms in total. The van der Waals surface area contributed by atoms with Crippen LogP contribution in [-0.2, 0) is 66.0 Å². The first-order valence-electron chi connectivity index (χ1n) is 22.6. The molecule has 1 amide bonds. The maximum absolute atomic E-state index is 12.7. The van der Waals surface area contributed by atoms with Crippen LogP contribution in [0, 0.1) is 0 Å². The van der Waals surface area contributed by atoms with Crippen molar-refractivity contribution in [3.63, 3.8) is 0 Å². The minimum atomic E-state index is -3.89. The molecule has 0 bridgehead atoms. The summed E-state index contributed by atoms with van der Waals surface area (Å²) in [7, 11) is -3.89. The molecule has 0 saturated heterocycles. The largest absolute Gasteiger partial charge is 0.466 e. The molecule has 0 aliphatic rings. The second-order valence-electron chi connectivity index (χ2n) is 16.3. The Morgan fingerprint density at radius 2 is 0.829 bits per heavy atom. The van der Waals surface area contributed by atoms with Crippen LogP contribution in [0.3, 0.4) is 0 Å². The summed E-state index contributed by atoms with van der Waals surface area (Å²) in [6.45, 7) is 4.19. The van der Waals surface area contributed by atoms with E-state index in [2.05, 4.69) is 5.32 Å². The van der Waals surface area contributed by atoms with E-state index >= 15 is 0 Å². The molecule has 0 saturated carbocycles. The summed E-state index contributed by atoms with van der Waals surface area (Å²) in [5.74, 6) is -1.31. The van der Waals surface area contributed by atoms with Crippen LogP contribution in [0.5, 0.6) is 0 Å². The number of halogens is 10. The highest BCUT2D eigenvalue weighted by Gasteiger charge is 2.19. The molecule has 3 N–H and O–H groups in total. The number of nitrogens with one attached hydrogen (secondary N) is 1. The molecule has 21 heteroatoms. The lowest BCUT2D eigenvalue weighted by Crippen LogP contribution is -2.16. The van der Waals surface area contributed by atoms with Crippen molar-refractivity contribution in [2.75, 3.05) is 18.5 Å². The van der Waals surface area contributed by atoms with Crippen LogP contribution in [-0.4, -0.2) is 45.3 Å². The Hall–Kier alpha value is -4.57. The van der Waals surface area contributed by atoms with Gasteiger partial charge in [-0.15, -0.1) is 0 Å². The van der Waals surface area contributed by atoms with Gasteiger partial charge in [-0.1, -0.05) is 146 Å². The highest BCUT2D eigenvalue weighted by atomic mass is 35.5. The van der Waals surface area contributed by atoms with E-state index in [4.69, 9.17) is 131 Å². The molecule has 0 fully saturated rings. The number of ether oxygens (including phenoxy) is 2. The lowest BCUT2D eigenvalue weighted by Gasteiger charge is -2.11. The number of benzene rings is 7. The summed E-state index contributed by atoms with van der Waals surface area (Å²) in [5.41, 5.74) is 6.42. The number of ketones is 1. The van der Waals surface area contributed by atoms with Gasteiger partial charge in [-0.2, -0.15) is 0 Å². The quantitative estimate of drug-likeness (QED) is 0.0715. The average Bonchev–Trinajstić information content (AvgIpc) is 3.35. The summed E-state index contributed by atoms with van der Waals surface area (Å²) in [4.78, 5) is 48.1. The number of carbonyl (C=O) groups excluding carboxylic acids is 4.